The first-order valence-electron chi connectivity index (χ1n) is 10.3. The fourth-order valence-corrected chi connectivity index (χ4v) is 1.87. The van der Waals surface area contributed by atoms with Crippen LogP contribution in [-0.4, -0.2) is 24.9 Å². The van der Waals surface area contributed by atoms with E-state index in [0.717, 1.165) is 4.57 Å². The number of alkyl halides is 1. The molecule has 0 radical (unpaired) electrons. The predicted octanol–water partition coefficient (Wildman–Crippen LogP) is 0.962. The van der Waals surface area contributed by atoms with Crippen LogP contribution in [0.2, 0.25) is 0 Å². The van der Waals surface area contributed by atoms with Crippen LogP contribution in [-0.2, 0) is 20.6 Å². The molecule has 2 aromatic rings. The quantitative estimate of drug-likeness (QED) is 0.824. The van der Waals surface area contributed by atoms with E-state index >= 15 is 0 Å². The number of rotatable bonds is 5. The van der Waals surface area contributed by atoms with E-state index in [1.807, 2.05) is 0 Å². The van der Waals surface area contributed by atoms with Gasteiger partial charge in [-0.1, -0.05) is 0 Å². The van der Waals surface area contributed by atoms with Gasteiger partial charge in [-0.05, 0) is 26.1 Å². The van der Waals surface area contributed by atoms with Gasteiger partial charge in [-0.15, -0.1) is 0 Å². The van der Waals surface area contributed by atoms with Crippen molar-refractivity contribution < 1.29 is 16.7 Å². The van der Waals surface area contributed by atoms with Crippen LogP contribution in [0.25, 0.3) is 11.2 Å². The van der Waals surface area contributed by atoms with E-state index in [9.17, 15) is 14.0 Å². The van der Waals surface area contributed by atoms with Crippen molar-refractivity contribution in [1.29, 1.82) is 0 Å². The van der Waals surface area contributed by atoms with Gasteiger partial charge < -0.3 is 4.57 Å². The number of hydrogen-bond donors (Lipinski definition) is 0. The molecule has 0 unspecified atom stereocenters. The summed E-state index contributed by atoms with van der Waals surface area (Å²) in [7, 11) is 1.22. The minimum absolute atomic E-state index is 0.264. The molecule has 0 aliphatic carbocycles. The van der Waals surface area contributed by atoms with Crippen molar-refractivity contribution in [2.45, 2.75) is 38.8 Å². The van der Waals surface area contributed by atoms with Crippen molar-refractivity contribution in [2.24, 2.45) is 14.0 Å². The minimum Gasteiger partial charge on any atom is -0.328 e. The third kappa shape index (κ3) is 2.52. The first-order chi connectivity index (χ1) is 13.0. The molecule has 0 bridgehead atoms. The van der Waals surface area contributed by atoms with Crippen LogP contribution in [0, 0.1) is 0 Å². The van der Waals surface area contributed by atoms with E-state index in [0.29, 0.717) is 9.13 Å². The van der Waals surface area contributed by atoms with Crippen LogP contribution in [0.1, 0.15) is 38.4 Å². The Balaban J connectivity index is 2.45. The lowest BCUT2D eigenvalue weighted by Gasteiger charge is -2.08. The lowest BCUT2D eigenvalue weighted by Crippen LogP contribution is -2.39. The highest BCUT2D eigenvalue weighted by atomic mass is 19.1. The topological polar surface area (TPSA) is 61.8 Å². The SMILES string of the molecule is [2H]c1nc2c(c(=O)n(CCCC([2H])([2H])[C@@H](F)C([2H])([2H])[2H])c(=O)n2C)n1C([2H])([2H])[2H]. The van der Waals surface area contributed by atoms with Crippen molar-refractivity contribution >= 4 is 11.2 Å². The molecule has 20 heavy (non-hydrogen) atoms. The molecule has 0 saturated heterocycles. The molecule has 0 saturated carbocycles. The zero-order chi connectivity index (χ0) is 22.5. The molecule has 0 aliphatic heterocycles. The largest absolute Gasteiger partial charge is 0.332 e. The second-order valence-corrected chi connectivity index (χ2v) is 4.19. The maximum atomic E-state index is 13.9. The van der Waals surface area contributed by atoms with Gasteiger partial charge in [0.05, 0.1) is 12.5 Å². The molecule has 0 amide bonds. The average Bonchev–Trinajstić information content (AvgIpc) is 2.92. The van der Waals surface area contributed by atoms with Gasteiger partial charge in [0.2, 0.25) is 0 Å². The van der Waals surface area contributed by atoms with E-state index in [4.69, 9.17) is 12.3 Å². The molecule has 0 spiro atoms. The first-order valence-corrected chi connectivity index (χ1v) is 5.83. The minimum atomic E-state index is -3.16. The average molecular weight is 291 g/mol. The fraction of sp³-hybridized carbons (Fsp3) is 0.615. The van der Waals surface area contributed by atoms with Crippen LogP contribution in [0.15, 0.2) is 15.9 Å². The molecule has 7 heteroatoms. The Morgan fingerprint density at radius 3 is 3.05 bits per heavy atom. The molecule has 0 N–H and O–H groups in total. The zero-order valence-corrected chi connectivity index (χ0v) is 10.7. The molecule has 0 aliphatic rings. The number of aromatic nitrogens is 4. The highest BCUT2D eigenvalue weighted by Crippen LogP contribution is 2.06. The standard InChI is InChI=1S/C13H19FN4O2/c1-9(14)6-4-5-7-18-12(19)10-11(15-8-16(10)2)17(3)13(18)20/h8-9H,4-7H2,1-3H3/t9-/m0/s1/i1D3,2D3,6D2,8D. The summed E-state index contributed by atoms with van der Waals surface area (Å²) >= 11 is 0. The van der Waals surface area contributed by atoms with Gasteiger partial charge in [0.15, 0.2) is 11.2 Å². The normalized spacial score (nSPS) is 21.6. The molecule has 2 aromatic heterocycles. The molecular formula is C13H19FN4O2. The second-order valence-electron chi connectivity index (χ2n) is 4.19. The summed E-state index contributed by atoms with van der Waals surface area (Å²) < 4.78 is 82.1. The van der Waals surface area contributed by atoms with Gasteiger partial charge in [-0.25, -0.2) is 14.2 Å². The number of hydrogen-bond acceptors (Lipinski definition) is 3. The van der Waals surface area contributed by atoms with Gasteiger partial charge in [0.1, 0.15) is 1.37 Å². The molecular weight excluding hydrogens is 263 g/mol. The third-order valence-electron chi connectivity index (χ3n) is 2.86. The van der Waals surface area contributed by atoms with Crippen LogP contribution < -0.4 is 11.2 Å². The molecule has 2 rings (SSSR count). The number of halogens is 1. The van der Waals surface area contributed by atoms with Crippen LogP contribution in [0.3, 0.4) is 0 Å². The summed E-state index contributed by atoms with van der Waals surface area (Å²) in [5.41, 5.74) is -2.71. The Labute approximate surface area is 128 Å². The zero-order valence-electron chi connectivity index (χ0n) is 19.7. The highest BCUT2D eigenvalue weighted by Gasteiger charge is 2.14. The number of fused-ring (bicyclic) bond motifs is 1. The Hall–Kier alpha value is -1.92. The lowest BCUT2D eigenvalue weighted by atomic mass is 10.2. The van der Waals surface area contributed by atoms with E-state index in [-0.39, 0.29) is 12.1 Å². The smallest absolute Gasteiger partial charge is 0.328 e. The number of imidazole rings is 1. The summed E-state index contributed by atoms with van der Waals surface area (Å²) in [4.78, 5) is 28.8. The van der Waals surface area contributed by atoms with E-state index in [1.54, 1.807) is 0 Å². The highest BCUT2D eigenvalue weighted by molar-refractivity contribution is 5.69. The summed E-state index contributed by atoms with van der Waals surface area (Å²) in [6.45, 7) is -6.47. The van der Waals surface area contributed by atoms with E-state index in [2.05, 4.69) is 4.98 Å². The maximum Gasteiger partial charge on any atom is 0.332 e. The van der Waals surface area contributed by atoms with Crippen molar-refractivity contribution in [3.05, 3.63) is 27.1 Å². The molecule has 1 atom stereocenters. The summed E-state index contributed by atoms with van der Waals surface area (Å²) in [6.07, 6.45) is -7.07. The predicted molar refractivity (Wildman–Crippen MR) is 74.6 cm³/mol. The Morgan fingerprint density at radius 1 is 1.55 bits per heavy atom. The summed E-state index contributed by atoms with van der Waals surface area (Å²) in [6, 6.07) is 0. The number of nitrogens with zero attached hydrogens (tertiary/aromatic N) is 4. The summed E-state index contributed by atoms with van der Waals surface area (Å²) in [5, 5.41) is 0. The first kappa shape index (κ1) is 6.69. The van der Waals surface area contributed by atoms with Gasteiger partial charge in [-0.3, -0.25) is 13.9 Å². The Kier molecular flexibility index (Phi) is 1.87. The monoisotopic (exact) mass is 291 g/mol. The molecule has 110 valence electrons. The van der Waals surface area contributed by atoms with Gasteiger partial charge >= 0.3 is 5.69 Å². The molecule has 6 nitrogen and oxygen atoms in total. The lowest BCUT2D eigenvalue weighted by molar-refractivity contribution is 0.328. The van der Waals surface area contributed by atoms with Crippen LogP contribution >= 0.6 is 0 Å². The third-order valence-corrected chi connectivity index (χ3v) is 2.86. The van der Waals surface area contributed by atoms with Crippen molar-refractivity contribution in [2.75, 3.05) is 0 Å². The van der Waals surface area contributed by atoms with Crippen molar-refractivity contribution in [3.63, 3.8) is 0 Å². The van der Waals surface area contributed by atoms with Gasteiger partial charge in [0, 0.05) is 31.5 Å². The Morgan fingerprint density at radius 2 is 2.35 bits per heavy atom. The molecule has 0 fully saturated rings. The van der Waals surface area contributed by atoms with E-state index in [1.165, 1.54) is 7.05 Å². The van der Waals surface area contributed by atoms with Crippen molar-refractivity contribution in [1.82, 2.24) is 18.7 Å². The van der Waals surface area contributed by atoms with Gasteiger partial charge in [-0.2, -0.15) is 0 Å². The van der Waals surface area contributed by atoms with Crippen molar-refractivity contribution in [3.8, 4) is 0 Å². The number of aryl methyl sites for hydroxylation is 2. The molecule has 0 aromatic carbocycles. The summed E-state index contributed by atoms with van der Waals surface area (Å²) in [5.74, 6) is 0. The second kappa shape index (κ2) is 5.60. The van der Waals surface area contributed by atoms with Crippen LogP contribution in [0.4, 0.5) is 4.39 Å². The van der Waals surface area contributed by atoms with E-state index < -0.39 is 62.4 Å². The fourth-order valence-electron chi connectivity index (χ4n) is 1.87. The van der Waals surface area contributed by atoms with Crippen LogP contribution in [0.5, 0.6) is 0 Å². The maximum absolute atomic E-state index is 13.9. The Bertz CT molecular complexity index is 1030. The molecule has 2 heterocycles. The van der Waals surface area contributed by atoms with Gasteiger partial charge in [0.25, 0.3) is 5.56 Å².